The molecule has 0 aromatic carbocycles. The molecule has 8 unspecified atom stereocenters. The molecule has 0 N–H and O–H groups in total. The van der Waals surface area contributed by atoms with E-state index >= 15 is 0 Å². The number of hydrogen-bond acceptors (Lipinski definition) is 5. The van der Waals surface area contributed by atoms with Gasteiger partial charge in [-0.25, -0.2) is 0 Å². The average molecular weight is 923 g/mol. The minimum Gasteiger partial charge on any atom is -0.381 e. The molecule has 1 heterocycles. The summed E-state index contributed by atoms with van der Waals surface area (Å²) in [5, 5.41) is 0. The third-order valence-electron chi connectivity index (χ3n) is 19.0. The van der Waals surface area contributed by atoms with Gasteiger partial charge in [-0.05, 0) is 167 Å². The highest BCUT2D eigenvalue weighted by molar-refractivity contribution is 5.27. The van der Waals surface area contributed by atoms with Gasteiger partial charge in [-0.1, -0.05) is 156 Å². The molecular formula is C61H111NO4. The van der Waals surface area contributed by atoms with Gasteiger partial charge in [-0.3, -0.25) is 0 Å². The molecule has 3 saturated carbocycles. The fourth-order valence-electron chi connectivity index (χ4n) is 14.7. The van der Waals surface area contributed by atoms with E-state index in [0.29, 0.717) is 29.0 Å². The number of ether oxygens (including phenoxy) is 4. The number of likely N-dealkylation sites (tertiary alicyclic amines) is 1. The second-order valence-corrected chi connectivity index (χ2v) is 24.5. The van der Waals surface area contributed by atoms with Crippen LogP contribution >= 0.6 is 0 Å². The second kappa shape index (κ2) is 30.2. The van der Waals surface area contributed by atoms with Gasteiger partial charge in [0.05, 0.1) is 18.8 Å². The van der Waals surface area contributed by atoms with Crippen molar-refractivity contribution >= 4 is 0 Å². The number of rotatable bonds is 35. The predicted octanol–water partition coefficient (Wildman–Crippen LogP) is 16.8. The molecule has 5 heteroatoms. The zero-order valence-electron chi connectivity index (χ0n) is 45.3. The van der Waals surface area contributed by atoms with Crippen LogP contribution in [0.5, 0.6) is 0 Å². The van der Waals surface area contributed by atoms with E-state index in [9.17, 15) is 0 Å². The molecule has 5 nitrogen and oxygen atoms in total. The first-order valence-corrected chi connectivity index (χ1v) is 29.5. The molecular weight excluding hydrogens is 811 g/mol. The van der Waals surface area contributed by atoms with Crippen molar-refractivity contribution in [3.8, 4) is 0 Å². The number of allylic oxidation sites excluding steroid dienone is 3. The monoisotopic (exact) mass is 922 g/mol. The summed E-state index contributed by atoms with van der Waals surface area (Å²) >= 11 is 0. The fraction of sp³-hybridized carbons (Fsp3) is 0.934. The Kier molecular flexibility index (Phi) is 25.7. The van der Waals surface area contributed by atoms with Crippen LogP contribution in [0, 0.1) is 51.8 Å². The highest BCUT2D eigenvalue weighted by Crippen LogP contribution is 2.72. The third-order valence-corrected chi connectivity index (χ3v) is 19.0. The molecule has 384 valence electrons. The van der Waals surface area contributed by atoms with Crippen LogP contribution in [0.3, 0.4) is 0 Å². The summed E-state index contributed by atoms with van der Waals surface area (Å²) in [6, 6.07) is 0. The number of piperidine rings is 1. The van der Waals surface area contributed by atoms with Gasteiger partial charge in [0.2, 0.25) is 0 Å². The molecule has 4 aliphatic carbocycles. The van der Waals surface area contributed by atoms with E-state index < -0.39 is 0 Å². The standard InChI is InChI=1S/C61H111NO4/c1-9-10-11-12-13-14-15-16-17-18-19-20-21-22-23-24-41-64-49-55(48-62-40-26-30-51(4)47-62)66-45-28-43-63-42-27-44-65-54-34-37-59(6)53(46-54)32-33-58-57(59)36-39-60(7)56(35-38-61(58,60)8)52(5)31-25-29-50(2)3/h16-17,32,50-52,54-58H,9-15,18-31,33-49H2,1-8H3/b17-16-/t51?,52?,54?,55?,56-,57-,58?,59?,60?,61?/m0/s1. The van der Waals surface area contributed by atoms with E-state index in [4.69, 9.17) is 18.9 Å². The van der Waals surface area contributed by atoms with E-state index in [-0.39, 0.29) is 6.10 Å². The van der Waals surface area contributed by atoms with Gasteiger partial charge >= 0.3 is 0 Å². The summed E-state index contributed by atoms with van der Waals surface area (Å²) in [5.41, 5.74) is 3.12. The minimum atomic E-state index is 0.148. The number of nitrogens with zero attached hydrogens (tertiary/aromatic N) is 1. The Bertz CT molecular complexity index is 1350. The van der Waals surface area contributed by atoms with Crippen molar-refractivity contribution in [3.05, 3.63) is 23.8 Å². The highest BCUT2D eigenvalue weighted by atomic mass is 16.5. The summed E-state index contributed by atoms with van der Waals surface area (Å²) < 4.78 is 25.4. The molecule has 1 aliphatic heterocycles. The van der Waals surface area contributed by atoms with Crippen LogP contribution in [0.1, 0.15) is 242 Å². The van der Waals surface area contributed by atoms with Gasteiger partial charge in [0.1, 0.15) is 0 Å². The predicted molar refractivity (Wildman–Crippen MR) is 282 cm³/mol. The van der Waals surface area contributed by atoms with E-state index in [2.05, 4.69) is 78.5 Å². The Morgan fingerprint density at radius 3 is 2.09 bits per heavy atom. The van der Waals surface area contributed by atoms with Crippen LogP contribution in [-0.2, 0) is 18.9 Å². The Labute approximate surface area is 410 Å². The molecule has 10 atom stereocenters. The van der Waals surface area contributed by atoms with Crippen molar-refractivity contribution in [1.29, 1.82) is 0 Å². The van der Waals surface area contributed by atoms with Gasteiger partial charge in [-0.2, -0.15) is 0 Å². The molecule has 5 aliphatic rings. The molecule has 1 saturated heterocycles. The van der Waals surface area contributed by atoms with Gasteiger partial charge in [0, 0.05) is 46.1 Å². The van der Waals surface area contributed by atoms with Crippen LogP contribution < -0.4 is 0 Å². The number of unbranched alkanes of at least 4 members (excludes halogenated alkanes) is 12. The zero-order chi connectivity index (χ0) is 47.1. The molecule has 4 fully saturated rings. The topological polar surface area (TPSA) is 40.2 Å². The van der Waals surface area contributed by atoms with Gasteiger partial charge in [0.25, 0.3) is 0 Å². The van der Waals surface area contributed by atoms with Crippen LogP contribution in [0.25, 0.3) is 0 Å². The molecule has 0 aromatic heterocycles. The van der Waals surface area contributed by atoms with Crippen LogP contribution in [0.15, 0.2) is 23.8 Å². The average Bonchev–Trinajstić information content (AvgIpc) is 3.58. The van der Waals surface area contributed by atoms with E-state index in [1.165, 1.54) is 180 Å². The van der Waals surface area contributed by atoms with Gasteiger partial charge in [-0.15, -0.1) is 0 Å². The fourth-order valence-corrected chi connectivity index (χ4v) is 14.7. The Hall–Kier alpha value is -0.720. The van der Waals surface area contributed by atoms with E-state index in [1.807, 2.05) is 0 Å². The summed E-state index contributed by atoms with van der Waals surface area (Å²) in [5.74, 6) is 5.10. The summed E-state index contributed by atoms with van der Waals surface area (Å²) in [6.45, 7) is 28.3. The minimum absolute atomic E-state index is 0.148. The third kappa shape index (κ3) is 17.3. The van der Waals surface area contributed by atoms with Crippen molar-refractivity contribution in [2.45, 2.75) is 254 Å². The first kappa shape index (κ1) is 56.2. The second-order valence-electron chi connectivity index (χ2n) is 24.5. The molecule has 5 rings (SSSR count). The Morgan fingerprint density at radius 2 is 1.36 bits per heavy atom. The van der Waals surface area contributed by atoms with E-state index in [1.54, 1.807) is 5.57 Å². The maximum atomic E-state index is 6.59. The SMILES string of the molecule is CCCCCCCC/C=C\CCCCCCCCOCC(CN1CCCC(C)C1)OCCCOCCCOC1CCC2(C)C(=CCC3[C@@H]2CCC2(C)[C@H](C(C)CCCC(C)C)CCC32C)C1. The summed E-state index contributed by atoms with van der Waals surface area (Å²) in [6.07, 6.45) is 46.5. The molecule has 0 aromatic rings. The molecule has 0 amide bonds. The van der Waals surface area contributed by atoms with Crippen molar-refractivity contribution < 1.29 is 18.9 Å². The lowest BCUT2D eigenvalue weighted by Gasteiger charge is -2.63. The Morgan fingerprint density at radius 1 is 0.682 bits per heavy atom. The maximum absolute atomic E-state index is 6.59. The molecule has 0 spiro atoms. The lowest BCUT2D eigenvalue weighted by Crippen LogP contribution is -2.55. The van der Waals surface area contributed by atoms with Crippen LogP contribution in [0.2, 0.25) is 0 Å². The van der Waals surface area contributed by atoms with Crippen molar-refractivity contribution in [1.82, 2.24) is 4.90 Å². The first-order chi connectivity index (χ1) is 32.0. The maximum Gasteiger partial charge on any atom is 0.0934 e. The van der Waals surface area contributed by atoms with Gasteiger partial charge < -0.3 is 23.8 Å². The van der Waals surface area contributed by atoms with Crippen molar-refractivity contribution in [3.63, 3.8) is 0 Å². The van der Waals surface area contributed by atoms with Gasteiger partial charge in [0.15, 0.2) is 0 Å². The van der Waals surface area contributed by atoms with Crippen molar-refractivity contribution in [2.24, 2.45) is 51.8 Å². The van der Waals surface area contributed by atoms with Crippen LogP contribution in [0.4, 0.5) is 0 Å². The normalized spacial score (nSPS) is 31.2. The molecule has 66 heavy (non-hydrogen) atoms. The van der Waals surface area contributed by atoms with E-state index in [0.717, 1.165) is 94.3 Å². The lowest BCUT2D eigenvalue weighted by molar-refractivity contribution is -0.116. The summed E-state index contributed by atoms with van der Waals surface area (Å²) in [4.78, 5) is 2.61. The quantitative estimate of drug-likeness (QED) is 0.0468. The lowest BCUT2D eigenvalue weighted by atomic mass is 9.42. The largest absolute Gasteiger partial charge is 0.381 e. The summed E-state index contributed by atoms with van der Waals surface area (Å²) in [7, 11) is 0. The smallest absolute Gasteiger partial charge is 0.0934 e. The number of hydrogen-bond donors (Lipinski definition) is 0. The highest BCUT2D eigenvalue weighted by Gasteiger charge is 2.64. The zero-order valence-corrected chi connectivity index (χ0v) is 45.3. The van der Waals surface area contributed by atoms with Crippen LogP contribution in [-0.4, -0.2) is 76.4 Å². The van der Waals surface area contributed by atoms with Crippen molar-refractivity contribution in [2.75, 3.05) is 59.3 Å². The first-order valence-electron chi connectivity index (χ1n) is 29.5. The Balaban J connectivity index is 0.903. The molecule has 0 bridgehead atoms. The molecule has 0 radical (unpaired) electrons. The number of fused-ring (bicyclic) bond motifs is 5.